The van der Waals surface area contributed by atoms with E-state index in [9.17, 15) is 0 Å². The first-order valence-corrected chi connectivity index (χ1v) is 8.89. The number of rotatable bonds is 4. The van der Waals surface area contributed by atoms with E-state index in [4.69, 9.17) is 0 Å². The van der Waals surface area contributed by atoms with Gasteiger partial charge in [0.1, 0.15) is 0 Å². The maximum absolute atomic E-state index is 4.58. The molecule has 23 heavy (non-hydrogen) atoms. The third-order valence-corrected chi connectivity index (χ3v) is 4.99. The Morgan fingerprint density at radius 2 is 1.74 bits per heavy atom. The molecule has 1 aromatic heterocycles. The van der Waals surface area contributed by atoms with Crippen LogP contribution in [0.2, 0.25) is 0 Å². The molecule has 122 valence electrons. The van der Waals surface area contributed by atoms with Crippen LogP contribution in [0.25, 0.3) is 11.1 Å². The first-order chi connectivity index (χ1) is 11.1. The summed E-state index contributed by atoms with van der Waals surface area (Å²) in [7, 11) is 0. The Bertz CT molecular complexity index is 623. The summed E-state index contributed by atoms with van der Waals surface area (Å²) in [6, 6.07) is 13.3. The van der Waals surface area contributed by atoms with E-state index in [2.05, 4.69) is 67.1 Å². The van der Waals surface area contributed by atoms with E-state index in [-0.39, 0.29) is 0 Å². The predicted molar refractivity (Wildman–Crippen MR) is 97.4 cm³/mol. The number of aromatic nitrogens is 1. The van der Waals surface area contributed by atoms with E-state index >= 15 is 0 Å². The van der Waals surface area contributed by atoms with E-state index in [0.29, 0.717) is 5.92 Å². The summed E-state index contributed by atoms with van der Waals surface area (Å²) >= 11 is 0. The summed E-state index contributed by atoms with van der Waals surface area (Å²) in [6.45, 7) is 10.2. The van der Waals surface area contributed by atoms with Crippen molar-refractivity contribution >= 4 is 0 Å². The van der Waals surface area contributed by atoms with Gasteiger partial charge in [-0.3, -0.25) is 9.88 Å². The molecule has 2 nitrogen and oxygen atoms in total. The number of hydrogen-bond donors (Lipinski definition) is 0. The second-order valence-corrected chi connectivity index (χ2v) is 7.27. The number of nitrogens with zero attached hydrogens (tertiary/aromatic N) is 2. The normalized spacial score (nSPS) is 16.9. The zero-order chi connectivity index (χ0) is 16.2. The molecule has 0 bridgehead atoms. The number of benzene rings is 1. The molecule has 1 aliphatic heterocycles. The van der Waals surface area contributed by atoms with Crippen LogP contribution >= 0.6 is 0 Å². The van der Waals surface area contributed by atoms with Gasteiger partial charge in [-0.1, -0.05) is 45.0 Å². The lowest BCUT2D eigenvalue weighted by atomic mass is 9.98. The Labute approximate surface area is 140 Å². The fourth-order valence-electron chi connectivity index (χ4n) is 3.25. The van der Waals surface area contributed by atoms with Crippen molar-refractivity contribution in [3.05, 3.63) is 53.9 Å². The molecule has 1 aliphatic rings. The molecule has 1 aromatic carbocycles. The lowest BCUT2D eigenvalue weighted by molar-refractivity contribution is 0.183. The van der Waals surface area contributed by atoms with Crippen LogP contribution in [0.15, 0.2) is 42.6 Å². The van der Waals surface area contributed by atoms with Gasteiger partial charge >= 0.3 is 0 Å². The smallest absolute Gasteiger partial charge is 0.0550 e. The summed E-state index contributed by atoms with van der Waals surface area (Å²) in [5, 5.41) is 0. The zero-order valence-electron chi connectivity index (χ0n) is 14.6. The molecule has 0 amide bonds. The minimum Gasteiger partial charge on any atom is -0.297 e. The lowest BCUT2D eigenvalue weighted by Crippen LogP contribution is -2.32. The molecule has 3 rings (SSSR count). The van der Waals surface area contributed by atoms with Gasteiger partial charge in [0, 0.05) is 12.7 Å². The van der Waals surface area contributed by atoms with E-state index < -0.39 is 0 Å². The molecular weight excluding hydrogens is 280 g/mol. The summed E-state index contributed by atoms with van der Waals surface area (Å²) in [4.78, 5) is 7.12. The molecule has 2 aromatic rings. The highest BCUT2D eigenvalue weighted by atomic mass is 15.1. The highest BCUT2D eigenvalue weighted by Gasteiger charge is 2.16. The first kappa shape index (κ1) is 16.2. The van der Waals surface area contributed by atoms with Crippen molar-refractivity contribution in [3.63, 3.8) is 0 Å². The van der Waals surface area contributed by atoms with Gasteiger partial charge in [0.05, 0.1) is 5.69 Å². The fourth-order valence-corrected chi connectivity index (χ4v) is 3.25. The summed E-state index contributed by atoms with van der Waals surface area (Å²) < 4.78 is 0. The van der Waals surface area contributed by atoms with Crippen molar-refractivity contribution < 1.29 is 0 Å². The fraction of sp³-hybridized carbons (Fsp3) is 0.476. The molecule has 0 unspecified atom stereocenters. The van der Waals surface area contributed by atoms with Crippen LogP contribution in [0.3, 0.4) is 0 Å². The van der Waals surface area contributed by atoms with Gasteiger partial charge in [-0.15, -0.1) is 0 Å². The van der Waals surface area contributed by atoms with Crippen molar-refractivity contribution in [2.75, 3.05) is 13.1 Å². The molecule has 0 spiro atoms. The SMILES string of the molecule is CC1CCN(Cc2cc(-c3ccc(C(C)C)cc3)ccn2)CC1. The molecule has 0 atom stereocenters. The topological polar surface area (TPSA) is 16.1 Å². The highest BCUT2D eigenvalue weighted by molar-refractivity contribution is 5.63. The van der Waals surface area contributed by atoms with E-state index in [1.165, 1.54) is 48.3 Å². The molecule has 0 aliphatic carbocycles. The van der Waals surface area contributed by atoms with Gasteiger partial charge in [0.15, 0.2) is 0 Å². The first-order valence-electron chi connectivity index (χ1n) is 8.89. The van der Waals surface area contributed by atoms with Gasteiger partial charge in [-0.2, -0.15) is 0 Å². The standard InChI is InChI=1S/C21H28N2/c1-16(2)18-4-6-19(7-5-18)20-8-11-22-21(14-20)15-23-12-9-17(3)10-13-23/h4-8,11,14,16-17H,9-10,12-13,15H2,1-3H3. The third-order valence-electron chi connectivity index (χ3n) is 4.99. The molecule has 0 radical (unpaired) electrons. The molecular formula is C21H28N2. The van der Waals surface area contributed by atoms with Crippen molar-refractivity contribution in [1.82, 2.24) is 9.88 Å². The quantitative estimate of drug-likeness (QED) is 0.781. The Kier molecular flexibility index (Phi) is 5.12. The minimum atomic E-state index is 0.582. The number of hydrogen-bond acceptors (Lipinski definition) is 2. The Morgan fingerprint density at radius 1 is 1.04 bits per heavy atom. The molecule has 0 saturated carbocycles. The number of piperidine rings is 1. The van der Waals surface area contributed by atoms with E-state index in [1.807, 2.05) is 6.20 Å². The highest BCUT2D eigenvalue weighted by Crippen LogP contribution is 2.24. The maximum Gasteiger partial charge on any atom is 0.0550 e. The van der Waals surface area contributed by atoms with Gasteiger partial charge in [0.25, 0.3) is 0 Å². The van der Waals surface area contributed by atoms with Crippen LogP contribution in [0.1, 0.15) is 50.8 Å². The van der Waals surface area contributed by atoms with Crippen LogP contribution in [0.4, 0.5) is 0 Å². The average molecular weight is 308 g/mol. The van der Waals surface area contributed by atoms with Gasteiger partial charge in [-0.25, -0.2) is 0 Å². The van der Waals surface area contributed by atoms with Gasteiger partial charge < -0.3 is 0 Å². The largest absolute Gasteiger partial charge is 0.297 e. The summed E-state index contributed by atoms with van der Waals surface area (Å²) in [6.07, 6.45) is 4.58. The Morgan fingerprint density at radius 3 is 2.39 bits per heavy atom. The molecule has 2 heteroatoms. The number of pyridine rings is 1. The minimum absolute atomic E-state index is 0.582. The summed E-state index contributed by atoms with van der Waals surface area (Å²) in [5.41, 5.74) is 5.14. The van der Waals surface area contributed by atoms with Crippen LogP contribution in [0, 0.1) is 5.92 Å². The van der Waals surface area contributed by atoms with Gasteiger partial charge in [-0.05, 0) is 66.6 Å². The monoisotopic (exact) mass is 308 g/mol. The predicted octanol–water partition coefficient (Wildman–Crippen LogP) is 5.10. The second kappa shape index (κ2) is 7.27. The van der Waals surface area contributed by atoms with Crippen LogP contribution in [-0.4, -0.2) is 23.0 Å². The Balaban J connectivity index is 1.72. The van der Waals surface area contributed by atoms with E-state index in [0.717, 1.165) is 12.5 Å². The summed E-state index contributed by atoms with van der Waals surface area (Å²) in [5.74, 6) is 1.46. The third kappa shape index (κ3) is 4.20. The lowest BCUT2D eigenvalue weighted by Gasteiger charge is -2.29. The zero-order valence-corrected chi connectivity index (χ0v) is 14.6. The van der Waals surface area contributed by atoms with Crippen molar-refractivity contribution in [3.8, 4) is 11.1 Å². The van der Waals surface area contributed by atoms with E-state index in [1.54, 1.807) is 0 Å². The Hall–Kier alpha value is -1.67. The molecule has 1 fully saturated rings. The molecule has 0 N–H and O–H groups in total. The molecule has 2 heterocycles. The average Bonchev–Trinajstić information content (AvgIpc) is 2.57. The second-order valence-electron chi connectivity index (χ2n) is 7.27. The van der Waals surface area contributed by atoms with Crippen LogP contribution < -0.4 is 0 Å². The van der Waals surface area contributed by atoms with Crippen molar-refractivity contribution in [2.24, 2.45) is 5.92 Å². The van der Waals surface area contributed by atoms with Crippen molar-refractivity contribution in [2.45, 2.75) is 46.1 Å². The molecule has 1 saturated heterocycles. The van der Waals surface area contributed by atoms with Crippen LogP contribution in [0.5, 0.6) is 0 Å². The van der Waals surface area contributed by atoms with Gasteiger partial charge in [0.2, 0.25) is 0 Å². The maximum atomic E-state index is 4.58. The number of likely N-dealkylation sites (tertiary alicyclic amines) is 1. The van der Waals surface area contributed by atoms with Crippen LogP contribution in [-0.2, 0) is 6.54 Å². The van der Waals surface area contributed by atoms with Crippen molar-refractivity contribution in [1.29, 1.82) is 0 Å².